The molecule has 0 spiro atoms. The monoisotopic (exact) mass is 517 g/mol. The van der Waals surface area contributed by atoms with E-state index in [1.165, 1.54) is 43.3 Å². The molecule has 10 nitrogen and oxygen atoms in total. The van der Waals surface area contributed by atoms with E-state index in [1.54, 1.807) is 19.1 Å². The summed E-state index contributed by atoms with van der Waals surface area (Å²) in [6.07, 6.45) is 0.639. The van der Waals surface area contributed by atoms with Gasteiger partial charge in [0.2, 0.25) is 10.0 Å². The second-order valence-electron chi connectivity index (χ2n) is 9.06. The van der Waals surface area contributed by atoms with Crippen LogP contribution in [0, 0.1) is 6.92 Å². The fourth-order valence-electron chi connectivity index (χ4n) is 4.45. The molecule has 1 aromatic heterocycles. The molecule has 194 valence electrons. The Hall–Kier alpha value is -2.99. The van der Waals surface area contributed by atoms with Crippen molar-refractivity contribution >= 4 is 27.5 Å². The highest BCUT2D eigenvalue weighted by Gasteiger charge is 2.47. The van der Waals surface area contributed by atoms with Crippen LogP contribution in [0.2, 0.25) is 0 Å². The number of hydrogen-bond acceptors (Lipinski definition) is 8. The average molecular weight is 518 g/mol. The number of aryl methyl sites for hydroxylation is 1. The molecule has 3 heterocycles. The van der Waals surface area contributed by atoms with Gasteiger partial charge in [-0.25, -0.2) is 12.7 Å². The van der Waals surface area contributed by atoms with Gasteiger partial charge < -0.3 is 19.2 Å². The van der Waals surface area contributed by atoms with Gasteiger partial charge in [0.05, 0.1) is 23.7 Å². The highest BCUT2D eigenvalue weighted by Crippen LogP contribution is 2.40. The van der Waals surface area contributed by atoms with Gasteiger partial charge in [-0.1, -0.05) is 0 Å². The summed E-state index contributed by atoms with van der Waals surface area (Å²) in [5.74, 6) is -0.891. The van der Waals surface area contributed by atoms with Gasteiger partial charge in [0.25, 0.3) is 11.7 Å². The second kappa shape index (κ2) is 10.6. The third-order valence-electron chi connectivity index (χ3n) is 6.45. The number of ether oxygens (including phenoxy) is 1. The molecule has 0 radical (unpaired) electrons. The fraction of sp³-hybridized carbons (Fsp3) is 0.440. The molecule has 4 rings (SSSR count). The number of benzene rings is 1. The van der Waals surface area contributed by atoms with E-state index in [0.29, 0.717) is 37.7 Å². The zero-order valence-electron chi connectivity index (χ0n) is 20.6. The molecule has 36 heavy (non-hydrogen) atoms. The minimum absolute atomic E-state index is 0.0471. The fourth-order valence-corrected chi connectivity index (χ4v) is 5.35. The van der Waals surface area contributed by atoms with Crippen molar-refractivity contribution in [1.82, 2.24) is 14.1 Å². The molecule has 2 fully saturated rings. The number of amides is 1. The van der Waals surface area contributed by atoms with E-state index in [9.17, 15) is 23.1 Å². The van der Waals surface area contributed by atoms with Crippen molar-refractivity contribution in [3.05, 3.63) is 59.1 Å². The Kier molecular flexibility index (Phi) is 7.65. The maximum Gasteiger partial charge on any atom is 0.295 e. The van der Waals surface area contributed by atoms with Crippen molar-refractivity contribution < 1.29 is 32.3 Å². The molecule has 0 bridgehead atoms. The van der Waals surface area contributed by atoms with E-state index in [-0.39, 0.29) is 21.8 Å². The average Bonchev–Trinajstić information content (AvgIpc) is 3.40. The molecule has 1 amide bonds. The maximum absolute atomic E-state index is 13.1. The molecule has 2 saturated heterocycles. The molecule has 2 aromatic rings. The van der Waals surface area contributed by atoms with Gasteiger partial charge in [-0.2, -0.15) is 0 Å². The van der Waals surface area contributed by atoms with E-state index in [2.05, 4.69) is 4.90 Å². The second-order valence-corrected chi connectivity index (χ2v) is 11.2. The number of sulfonamides is 1. The Morgan fingerprint density at radius 2 is 1.72 bits per heavy atom. The number of ketones is 1. The summed E-state index contributed by atoms with van der Waals surface area (Å²) in [4.78, 5) is 29.9. The van der Waals surface area contributed by atoms with Crippen molar-refractivity contribution in [3.63, 3.8) is 0 Å². The lowest BCUT2D eigenvalue weighted by molar-refractivity contribution is -0.140. The van der Waals surface area contributed by atoms with Crippen LogP contribution in [0.5, 0.6) is 0 Å². The summed E-state index contributed by atoms with van der Waals surface area (Å²) in [7, 11) is -0.806. The van der Waals surface area contributed by atoms with Crippen LogP contribution in [-0.4, -0.2) is 92.8 Å². The number of furan rings is 1. The van der Waals surface area contributed by atoms with Gasteiger partial charge in [0, 0.05) is 45.8 Å². The molecule has 1 N–H and O–H groups in total. The van der Waals surface area contributed by atoms with Crippen LogP contribution in [0.25, 0.3) is 5.76 Å². The zero-order chi connectivity index (χ0) is 26.0. The molecule has 0 unspecified atom stereocenters. The molecule has 1 aromatic carbocycles. The molecule has 0 saturated carbocycles. The zero-order valence-corrected chi connectivity index (χ0v) is 21.5. The predicted molar refractivity (Wildman–Crippen MR) is 132 cm³/mol. The smallest absolute Gasteiger partial charge is 0.295 e. The van der Waals surface area contributed by atoms with Crippen LogP contribution in [0.15, 0.2) is 51.3 Å². The van der Waals surface area contributed by atoms with Crippen molar-refractivity contribution in [2.75, 3.05) is 53.5 Å². The Labute approximate surface area is 210 Å². The number of carbonyl (C=O) groups is 2. The Balaban J connectivity index is 1.66. The molecule has 11 heteroatoms. The first-order chi connectivity index (χ1) is 17.1. The number of carbonyl (C=O) groups excluding carboxylic acids is 2. The van der Waals surface area contributed by atoms with Gasteiger partial charge in [0.1, 0.15) is 23.3 Å². The SMILES string of the molecule is Cc1ccc([C@@H]2C(=C(O)c3ccc(S(=O)(=O)N(C)C)cc3)C(=O)C(=O)N2CCCN2CCOCC2)o1. The molecular weight excluding hydrogens is 486 g/mol. The minimum atomic E-state index is -3.66. The van der Waals surface area contributed by atoms with Crippen LogP contribution >= 0.6 is 0 Å². The molecule has 1 atom stereocenters. The first kappa shape index (κ1) is 26.1. The van der Waals surface area contributed by atoms with Crippen LogP contribution in [0.4, 0.5) is 0 Å². The van der Waals surface area contributed by atoms with E-state index in [1.807, 2.05) is 0 Å². The molecule has 2 aliphatic heterocycles. The summed E-state index contributed by atoms with van der Waals surface area (Å²) in [5, 5.41) is 11.2. The standard InChI is InChI=1S/C25H31N3O7S/c1-17-5-10-20(35-17)22-21(23(29)18-6-8-19(9-7-18)36(32,33)26(2)3)24(30)25(31)28(22)12-4-11-27-13-15-34-16-14-27/h5-10,22,29H,4,11-16H2,1-3H3/t22-/m1/s1. The first-order valence-corrected chi connectivity index (χ1v) is 13.2. The number of likely N-dealkylation sites (tertiary alicyclic amines) is 1. The normalized spacial score (nSPS) is 21.0. The van der Waals surface area contributed by atoms with Crippen molar-refractivity contribution in [3.8, 4) is 0 Å². The van der Waals surface area contributed by atoms with Crippen molar-refractivity contribution in [1.29, 1.82) is 0 Å². The third-order valence-corrected chi connectivity index (χ3v) is 8.28. The predicted octanol–water partition coefficient (Wildman–Crippen LogP) is 1.98. The van der Waals surface area contributed by atoms with E-state index in [4.69, 9.17) is 9.15 Å². The molecule has 0 aliphatic carbocycles. The van der Waals surface area contributed by atoms with Crippen LogP contribution in [0.3, 0.4) is 0 Å². The highest BCUT2D eigenvalue weighted by molar-refractivity contribution is 7.89. The Morgan fingerprint density at radius 3 is 2.31 bits per heavy atom. The summed E-state index contributed by atoms with van der Waals surface area (Å²) >= 11 is 0. The number of nitrogens with zero attached hydrogens (tertiary/aromatic N) is 3. The number of rotatable bonds is 8. The summed E-state index contributed by atoms with van der Waals surface area (Å²) < 4.78 is 37.0. The minimum Gasteiger partial charge on any atom is -0.507 e. The number of hydrogen-bond donors (Lipinski definition) is 1. The van der Waals surface area contributed by atoms with Gasteiger partial charge in [-0.15, -0.1) is 0 Å². The summed E-state index contributed by atoms with van der Waals surface area (Å²) in [6, 6.07) is 8.10. The van der Waals surface area contributed by atoms with E-state index < -0.39 is 27.8 Å². The topological polar surface area (TPSA) is 121 Å². The number of aliphatic hydroxyl groups excluding tert-OH is 1. The van der Waals surface area contributed by atoms with Gasteiger partial charge >= 0.3 is 0 Å². The Bertz CT molecular complexity index is 1260. The number of aliphatic hydroxyl groups is 1. The van der Waals surface area contributed by atoms with Gasteiger partial charge in [0.15, 0.2) is 0 Å². The summed E-state index contributed by atoms with van der Waals surface area (Å²) in [6.45, 7) is 5.80. The van der Waals surface area contributed by atoms with E-state index in [0.717, 1.165) is 23.9 Å². The quantitative estimate of drug-likeness (QED) is 0.321. The summed E-state index contributed by atoms with van der Waals surface area (Å²) in [5.41, 5.74) is 0.149. The molecule has 2 aliphatic rings. The van der Waals surface area contributed by atoms with Crippen LogP contribution in [-0.2, 0) is 24.3 Å². The third kappa shape index (κ3) is 5.10. The largest absolute Gasteiger partial charge is 0.507 e. The highest BCUT2D eigenvalue weighted by atomic mass is 32.2. The Morgan fingerprint density at radius 1 is 1.06 bits per heavy atom. The number of Topliss-reactive ketones (excluding diaryl/α,β-unsaturated/α-hetero) is 1. The van der Waals surface area contributed by atoms with Crippen LogP contribution < -0.4 is 0 Å². The maximum atomic E-state index is 13.1. The van der Waals surface area contributed by atoms with Crippen molar-refractivity contribution in [2.24, 2.45) is 0 Å². The number of morpholine rings is 1. The van der Waals surface area contributed by atoms with Crippen molar-refractivity contribution in [2.45, 2.75) is 24.3 Å². The first-order valence-electron chi connectivity index (χ1n) is 11.8. The van der Waals surface area contributed by atoms with Crippen LogP contribution in [0.1, 0.15) is 29.5 Å². The lowest BCUT2D eigenvalue weighted by Gasteiger charge is -2.28. The molecular formula is C25H31N3O7S. The van der Waals surface area contributed by atoms with Gasteiger partial charge in [-0.05, 0) is 49.7 Å². The van der Waals surface area contributed by atoms with E-state index >= 15 is 0 Å². The lowest BCUT2D eigenvalue weighted by atomic mass is 9.99. The lowest BCUT2D eigenvalue weighted by Crippen LogP contribution is -2.38. The van der Waals surface area contributed by atoms with Gasteiger partial charge in [-0.3, -0.25) is 14.5 Å².